The van der Waals surface area contributed by atoms with Crippen LogP contribution in [0.2, 0.25) is 0 Å². The van der Waals surface area contributed by atoms with E-state index >= 15 is 0 Å². The molecule has 1 aliphatic heterocycles. The van der Waals surface area contributed by atoms with Gasteiger partial charge in [0.25, 0.3) is 0 Å². The van der Waals surface area contributed by atoms with Gasteiger partial charge >= 0.3 is 30.7 Å². The molecule has 0 N–H and O–H groups in total. The van der Waals surface area contributed by atoms with E-state index in [-0.39, 0.29) is 37.0 Å². The molecule has 0 saturated heterocycles. The summed E-state index contributed by atoms with van der Waals surface area (Å²) in [6.45, 7) is 3.21. The third kappa shape index (κ3) is 7.17. The number of nitrogens with zero attached hydrogens (tertiary/aromatic N) is 2. The third-order valence-corrected chi connectivity index (χ3v) is 6.32. The quantitative estimate of drug-likeness (QED) is 0.325. The minimum Gasteiger partial charge on any atom is -0.450 e. The van der Waals surface area contributed by atoms with Crippen molar-refractivity contribution in [1.82, 2.24) is 4.90 Å². The molecular formula is C26H25F9N2O4. The van der Waals surface area contributed by atoms with Gasteiger partial charge in [-0.25, -0.2) is 9.59 Å². The minimum absolute atomic E-state index is 0.0620. The Balaban J connectivity index is 2.22. The van der Waals surface area contributed by atoms with Crippen LogP contribution in [0.25, 0.3) is 0 Å². The maximum Gasteiger partial charge on any atom is 0.416 e. The lowest BCUT2D eigenvalue weighted by Gasteiger charge is -2.42. The van der Waals surface area contributed by atoms with Crippen molar-refractivity contribution in [3.05, 3.63) is 64.2 Å². The summed E-state index contributed by atoms with van der Waals surface area (Å²) >= 11 is 0. The molecule has 2 aromatic carbocycles. The molecule has 0 unspecified atom stereocenters. The number of amides is 2. The van der Waals surface area contributed by atoms with Gasteiger partial charge in [-0.2, -0.15) is 39.5 Å². The van der Waals surface area contributed by atoms with Crippen molar-refractivity contribution in [3.63, 3.8) is 0 Å². The van der Waals surface area contributed by atoms with Crippen LogP contribution in [-0.4, -0.2) is 36.3 Å². The number of ether oxygens (including phenoxy) is 2. The zero-order valence-corrected chi connectivity index (χ0v) is 21.9. The van der Waals surface area contributed by atoms with Gasteiger partial charge in [-0.3, -0.25) is 9.80 Å². The van der Waals surface area contributed by atoms with Crippen LogP contribution >= 0.6 is 0 Å². The summed E-state index contributed by atoms with van der Waals surface area (Å²) in [6.07, 6.45) is -17.5. The average molecular weight is 600 g/mol. The Kier molecular flexibility index (Phi) is 9.08. The van der Waals surface area contributed by atoms with Crippen LogP contribution in [0.4, 0.5) is 54.8 Å². The van der Waals surface area contributed by atoms with Gasteiger partial charge in [-0.15, -0.1) is 0 Å². The molecule has 0 radical (unpaired) electrons. The Morgan fingerprint density at radius 3 is 1.85 bits per heavy atom. The highest BCUT2D eigenvalue weighted by Crippen LogP contribution is 2.45. The second kappa shape index (κ2) is 11.7. The molecule has 0 aliphatic carbocycles. The molecule has 41 heavy (non-hydrogen) atoms. The highest BCUT2D eigenvalue weighted by atomic mass is 19.4. The molecule has 0 fully saturated rings. The molecule has 2 aromatic rings. The molecule has 226 valence electrons. The lowest BCUT2D eigenvalue weighted by molar-refractivity contribution is -0.143. The van der Waals surface area contributed by atoms with Crippen molar-refractivity contribution >= 4 is 17.9 Å². The molecule has 0 saturated carbocycles. The number of carbonyl (C=O) groups excluding carboxylic acids is 2. The van der Waals surface area contributed by atoms with Gasteiger partial charge in [-0.1, -0.05) is 0 Å². The second-order valence-electron chi connectivity index (χ2n) is 9.18. The Morgan fingerprint density at radius 1 is 0.829 bits per heavy atom. The van der Waals surface area contributed by atoms with Gasteiger partial charge in [0.2, 0.25) is 0 Å². The molecular weight excluding hydrogens is 575 g/mol. The molecule has 1 heterocycles. The van der Waals surface area contributed by atoms with Crippen LogP contribution in [0.15, 0.2) is 36.4 Å². The first-order valence-electron chi connectivity index (χ1n) is 12.3. The number of rotatable bonds is 5. The van der Waals surface area contributed by atoms with Crippen molar-refractivity contribution in [2.75, 3.05) is 18.1 Å². The fourth-order valence-electron chi connectivity index (χ4n) is 4.59. The summed E-state index contributed by atoms with van der Waals surface area (Å²) in [6, 6.07) is 0.992. The molecule has 2 atom stereocenters. The van der Waals surface area contributed by atoms with E-state index in [1.165, 1.54) is 20.8 Å². The van der Waals surface area contributed by atoms with Crippen LogP contribution in [-0.2, 0) is 34.5 Å². The van der Waals surface area contributed by atoms with Gasteiger partial charge in [0.05, 0.1) is 41.6 Å². The molecule has 15 heteroatoms. The molecule has 1 aliphatic rings. The van der Waals surface area contributed by atoms with E-state index in [0.717, 1.165) is 15.9 Å². The Morgan fingerprint density at radius 2 is 1.37 bits per heavy atom. The first kappa shape index (κ1) is 31.9. The summed E-state index contributed by atoms with van der Waals surface area (Å²) < 4.78 is 132. The normalized spacial score (nSPS) is 17.6. The van der Waals surface area contributed by atoms with Crippen molar-refractivity contribution in [2.45, 2.75) is 64.3 Å². The topological polar surface area (TPSA) is 59.1 Å². The van der Waals surface area contributed by atoms with Gasteiger partial charge in [0.1, 0.15) is 0 Å². The average Bonchev–Trinajstić information content (AvgIpc) is 2.85. The van der Waals surface area contributed by atoms with Crippen LogP contribution in [0.5, 0.6) is 0 Å². The fraction of sp³-hybridized carbons (Fsp3) is 0.462. The number of hydrogen-bond donors (Lipinski definition) is 0. The molecule has 0 spiro atoms. The number of hydrogen-bond acceptors (Lipinski definition) is 4. The van der Waals surface area contributed by atoms with E-state index in [9.17, 15) is 49.1 Å². The van der Waals surface area contributed by atoms with E-state index in [2.05, 4.69) is 0 Å². The minimum atomic E-state index is -5.17. The van der Waals surface area contributed by atoms with E-state index in [0.29, 0.717) is 24.3 Å². The van der Waals surface area contributed by atoms with Crippen molar-refractivity contribution in [3.8, 4) is 0 Å². The number of benzene rings is 2. The molecule has 6 nitrogen and oxygen atoms in total. The smallest absolute Gasteiger partial charge is 0.416 e. The lowest BCUT2D eigenvalue weighted by Crippen LogP contribution is -2.48. The maximum atomic E-state index is 13.7. The van der Waals surface area contributed by atoms with Gasteiger partial charge in [0.15, 0.2) is 0 Å². The number of carbonyl (C=O) groups is 2. The standard InChI is InChI=1S/C26H25F9N2O4/c1-4-40-22(38)36(13-15-9-17(25(30,31)32)11-18(10-15)26(33,34)35)21-8-14(3)37(23(39)41-5-2)20-7-6-16(12-19(20)21)24(27,28)29/h6-7,9-12,14,21H,4-5,8,13H2,1-3H3/t14-,21+/m1/s1. The highest BCUT2D eigenvalue weighted by Gasteiger charge is 2.42. The Hall–Kier alpha value is -3.65. The summed E-state index contributed by atoms with van der Waals surface area (Å²) in [5, 5.41) is 0. The SMILES string of the molecule is CCOC(=O)N(Cc1cc(C(F)(F)F)cc(C(F)(F)F)c1)[C@H]1C[C@@H](C)N(C(=O)OCC)c2ccc(C(F)(F)F)cc21. The highest BCUT2D eigenvalue weighted by molar-refractivity contribution is 5.90. The summed E-state index contributed by atoms with van der Waals surface area (Å²) in [5.41, 5.74) is -5.29. The largest absolute Gasteiger partial charge is 0.450 e. The maximum absolute atomic E-state index is 13.7. The molecule has 3 rings (SSSR count). The van der Waals surface area contributed by atoms with E-state index < -0.39 is 71.6 Å². The van der Waals surface area contributed by atoms with E-state index in [1.54, 1.807) is 0 Å². The van der Waals surface area contributed by atoms with Crippen LogP contribution in [0.3, 0.4) is 0 Å². The van der Waals surface area contributed by atoms with E-state index in [1.807, 2.05) is 0 Å². The predicted octanol–water partition coefficient (Wildman–Crippen LogP) is 8.20. The van der Waals surface area contributed by atoms with Crippen molar-refractivity contribution in [1.29, 1.82) is 0 Å². The summed E-state index contributed by atoms with van der Waals surface area (Å²) in [5.74, 6) is 0. The number of anilines is 1. The fourth-order valence-corrected chi connectivity index (χ4v) is 4.59. The lowest BCUT2D eigenvalue weighted by atomic mass is 9.89. The summed E-state index contributed by atoms with van der Waals surface area (Å²) in [7, 11) is 0. The molecule has 0 aromatic heterocycles. The van der Waals surface area contributed by atoms with Crippen LogP contribution in [0, 0.1) is 0 Å². The van der Waals surface area contributed by atoms with Crippen molar-refractivity contribution in [2.24, 2.45) is 0 Å². The van der Waals surface area contributed by atoms with E-state index in [4.69, 9.17) is 9.47 Å². The second-order valence-corrected chi connectivity index (χ2v) is 9.18. The van der Waals surface area contributed by atoms with Gasteiger partial charge < -0.3 is 9.47 Å². The van der Waals surface area contributed by atoms with Crippen molar-refractivity contribution < 1.29 is 58.6 Å². The first-order valence-corrected chi connectivity index (χ1v) is 12.3. The zero-order chi connectivity index (χ0) is 30.9. The van der Waals surface area contributed by atoms with Gasteiger partial charge in [-0.05, 0) is 74.7 Å². The Labute approximate surface area is 228 Å². The van der Waals surface area contributed by atoms with Gasteiger partial charge in [0, 0.05) is 12.6 Å². The molecule has 2 amide bonds. The predicted molar refractivity (Wildman–Crippen MR) is 127 cm³/mol. The third-order valence-electron chi connectivity index (χ3n) is 6.32. The van der Waals surface area contributed by atoms with Crippen LogP contribution < -0.4 is 4.90 Å². The molecule has 0 bridgehead atoms. The Bertz CT molecular complexity index is 1240. The number of halogens is 9. The zero-order valence-electron chi connectivity index (χ0n) is 21.9. The summed E-state index contributed by atoms with van der Waals surface area (Å²) in [4.78, 5) is 27.6. The monoisotopic (exact) mass is 600 g/mol. The van der Waals surface area contributed by atoms with Crippen LogP contribution in [0.1, 0.15) is 61.1 Å². The number of fused-ring (bicyclic) bond motifs is 1. The first-order chi connectivity index (χ1) is 18.9. The number of alkyl halides is 9.